The molecule has 0 radical (unpaired) electrons. The molecule has 0 bridgehead atoms. The number of anilines is 1. The average molecular weight is 294 g/mol. The molecule has 17 heavy (non-hydrogen) atoms. The van der Waals surface area contributed by atoms with E-state index in [-0.39, 0.29) is 0 Å². The lowest BCUT2D eigenvalue weighted by Gasteiger charge is -2.10. The number of halogens is 1. The molecule has 1 aromatic carbocycles. The Labute approximate surface area is 110 Å². The maximum absolute atomic E-state index is 6.01. The molecule has 0 spiro atoms. The van der Waals surface area contributed by atoms with Crippen molar-refractivity contribution in [3.8, 4) is 0 Å². The number of hydrogen-bond acceptors (Lipinski definition) is 2. The molecule has 2 N–H and O–H groups in total. The summed E-state index contributed by atoms with van der Waals surface area (Å²) >= 11 is 3.44. The summed E-state index contributed by atoms with van der Waals surface area (Å²) in [6.45, 7) is 6.90. The van der Waals surface area contributed by atoms with Gasteiger partial charge in [0.1, 0.15) is 5.82 Å². The van der Waals surface area contributed by atoms with Crippen LogP contribution < -0.4 is 5.73 Å². The van der Waals surface area contributed by atoms with Crippen LogP contribution in [0.25, 0.3) is 0 Å². The first kappa shape index (κ1) is 12.2. The molecular formula is C13H16BrN3. The summed E-state index contributed by atoms with van der Waals surface area (Å²) in [5, 5.41) is 4.43. The zero-order chi connectivity index (χ0) is 12.6. The Balaban J connectivity index is 2.41. The van der Waals surface area contributed by atoms with E-state index in [0.717, 1.165) is 16.7 Å². The van der Waals surface area contributed by atoms with E-state index in [1.165, 1.54) is 16.7 Å². The molecule has 0 saturated carbocycles. The zero-order valence-corrected chi connectivity index (χ0v) is 11.9. The van der Waals surface area contributed by atoms with E-state index in [1.54, 1.807) is 0 Å². The second kappa shape index (κ2) is 4.53. The number of aromatic nitrogens is 2. The lowest BCUT2D eigenvalue weighted by molar-refractivity contribution is 0.683. The molecule has 1 heterocycles. The minimum Gasteiger partial charge on any atom is -0.383 e. The van der Waals surface area contributed by atoms with Gasteiger partial charge in [0, 0.05) is 0 Å². The molecule has 2 rings (SSSR count). The van der Waals surface area contributed by atoms with Gasteiger partial charge in [0.25, 0.3) is 0 Å². The normalized spacial score (nSPS) is 10.8. The molecular weight excluding hydrogens is 278 g/mol. The maximum Gasteiger partial charge on any atom is 0.136 e. The van der Waals surface area contributed by atoms with Crippen LogP contribution in [0, 0.1) is 20.8 Å². The van der Waals surface area contributed by atoms with E-state index in [9.17, 15) is 0 Å². The Kier molecular flexibility index (Phi) is 3.24. The molecule has 4 heteroatoms. The highest BCUT2D eigenvalue weighted by Crippen LogP contribution is 2.24. The molecule has 0 aliphatic carbocycles. The quantitative estimate of drug-likeness (QED) is 0.924. The summed E-state index contributed by atoms with van der Waals surface area (Å²) in [6.07, 6.45) is 0. The molecule has 3 nitrogen and oxygen atoms in total. The second-order valence-electron chi connectivity index (χ2n) is 4.31. The smallest absolute Gasteiger partial charge is 0.136 e. The van der Waals surface area contributed by atoms with Gasteiger partial charge in [-0.2, -0.15) is 5.10 Å². The fourth-order valence-corrected chi connectivity index (χ4v) is 2.23. The minimum absolute atomic E-state index is 0.685. The molecule has 0 fully saturated rings. The van der Waals surface area contributed by atoms with Gasteiger partial charge in [0.05, 0.1) is 16.7 Å². The first-order chi connectivity index (χ1) is 8.00. The summed E-state index contributed by atoms with van der Waals surface area (Å²) in [7, 11) is 0. The first-order valence-corrected chi connectivity index (χ1v) is 6.33. The summed E-state index contributed by atoms with van der Waals surface area (Å²) in [5.41, 5.74) is 10.8. The van der Waals surface area contributed by atoms with E-state index in [0.29, 0.717) is 5.82 Å². The number of hydrogen-bond donors (Lipinski definition) is 1. The molecule has 0 saturated heterocycles. The van der Waals surface area contributed by atoms with Crippen LogP contribution in [-0.2, 0) is 6.54 Å². The van der Waals surface area contributed by atoms with Gasteiger partial charge in [0.15, 0.2) is 0 Å². The van der Waals surface area contributed by atoms with Crippen molar-refractivity contribution < 1.29 is 0 Å². The van der Waals surface area contributed by atoms with E-state index >= 15 is 0 Å². The van der Waals surface area contributed by atoms with Crippen LogP contribution in [0.5, 0.6) is 0 Å². The minimum atomic E-state index is 0.685. The Bertz CT molecular complexity index is 538. The van der Waals surface area contributed by atoms with Crippen LogP contribution in [0.3, 0.4) is 0 Å². The topological polar surface area (TPSA) is 43.8 Å². The van der Waals surface area contributed by atoms with Crippen LogP contribution >= 0.6 is 15.9 Å². The van der Waals surface area contributed by atoms with Crippen molar-refractivity contribution in [3.05, 3.63) is 45.1 Å². The van der Waals surface area contributed by atoms with Gasteiger partial charge in [-0.25, -0.2) is 4.68 Å². The van der Waals surface area contributed by atoms with Crippen molar-refractivity contribution in [1.82, 2.24) is 9.78 Å². The van der Waals surface area contributed by atoms with Crippen molar-refractivity contribution in [1.29, 1.82) is 0 Å². The number of nitrogens with two attached hydrogens (primary N) is 1. The van der Waals surface area contributed by atoms with Crippen LogP contribution in [0.1, 0.15) is 22.4 Å². The number of rotatable bonds is 2. The SMILES string of the molecule is Cc1cccc(C)c1Cn1nc(C)c(Br)c1N. The molecule has 90 valence electrons. The number of nitrogen functional groups attached to an aromatic ring is 1. The Morgan fingerprint density at radius 2 is 1.82 bits per heavy atom. The van der Waals surface area contributed by atoms with Gasteiger partial charge < -0.3 is 5.73 Å². The Morgan fingerprint density at radius 3 is 2.29 bits per heavy atom. The molecule has 0 atom stereocenters. The monoisotopic (exact) mass is 293 g/mol. The number of benzene rings is 1. The summed E-state index contributed by atoms with van der Waals surface area (Å²) < 4.78 is 2.73. The first-order valence-electron chi connectivity index (χ1n) is 5.54. The van der Waals surface area contributed by atoms with Gasteiger partial charge in [0.2, 0.25) is 0 Å². The van der Waals surface area contributed by atoms with Crippen LogP contribution in [0.4, 0.5) is 5.82 Å². The third kappa shape index (κ3) is 2.22. The molecule has 0 aliphatic heterocycles. The predicted molar refractivity (Wildman–Crippen MR) is 74.1 cm³/mol. The largest absolute Gasteiger partial charge is 0.383 e. The third-order valence-electron chi connectivity index (χ3n) is 3.04. The van der Waals surface area contributed by atoms with Crippen LogP contribution in [0.15, 0.2) is 22.7 Å². The van der Waals surface area contributed by atoms with Gasteiger partial charge in [-0.3, -0.25) is 0 Å². The van der Waals surface area contributed by atoms with Crippen molar-refractivity contribution >= 4 is 21.7 Å². The highest BCUT2D eigenvalue weighted by molar-refractivity contribution is 9.10. The average Bonchev–Trinajstić information content (AvgIpc) is 2.52. The van der Waals surface area contributed by atoms with Gasteiger partial charge in [-0.1, -0.05) is 18.2 Å². The van der Waals surface area contributed by atoms with Crippen molar-refractivity contribution in [2.75, 3.05) is 5.73 Å². The van der Waals surface area contributed by atoms with Gasteiger partial charge in [-0.05, 0) is 53.4 Å². The summed E-state index contributed by atoms with van der Waals surface area (Å²) in [6, 6.07) is 6.30. The predicted octanol–water partition coefficient (Wildman–Crippen LogP) is 3.20. The fourth-order valence-electron chi connectivity index (χ4n) is 1.95. The van der Waals surface area contributed by atoms with Crippen LogP contribution in [0.2, 0.25) is 0 Å². The van der Waals surface area contributed by atoms with Gasteiger partial charge >= 0.3 is 0 Å². The van der Waals surface area contributed by atoms with Gasteiger partial charge in [-0.15, -0.1) is 0 Å². The van der Waals surface area contributed by atoms with E-state index in [4.69, 9.17) is 5.73 Å². The number of nitrogens with zero attached hydrogens (tertiary/aromatic N) is 2. The van der Waals surface area contributed by atoms with E-state index in [1.807, 2.05) is 11.6 Å². The lowest BCUT2D eigenvalue weighted by Crippen LogP contribution is -2.08. The summed E-state index contributed by atoms with van der Waals surface area (Å²) in [4.78, 5) is 0. The zero-order valence-electron chi connectivity index (χ0n) is 10.3. The molecule has 0 amide bonds. The van der Waals surface area contributed by atoms with E-state index in [2.05, 4.69) is 53.1 Å². The molecule has 0 aliphatic rings. The fraction of sp³-hybridized carbons (Fsp3) is 0.308. The molecule has 1 aromatic heterocycles. The van der Waals surface area contributed by atoms with Crippen molar-refractivity contribution in [2.45, 2.75) is 27.3 Å². The van der Waals surface area contributed by atoms with Crippen LogP contribution in [-0.4, -0.2) is 9.78 Å². The molecule has 0 unspecified atom stereocenters. The van der Waals surface area contributed by atoms with Crippen molar-refractivity contribution in [2.24, 2.45) is 0 Å². The van der Waals surface area contributed by atoms with Crippen molar-refractivity contribution in [3.63, 3.8) is 0 Å². The summed E-state index contributed by atoms with van der Waals surface area (Å²) in [5.74, 6) is 0.685. The Hall–Kier alpha value is -1.29. The highest BCUT2D eigenvalue weighted by Gasteiger charge is 2.11. The number of aryl methyl sites for hydroxylation is 3. The molecule has 2 aromatic rings. The highest BCUT2D eigenvalue weighted by atomic mass is 79.9. The third-order valence-corrected chi connectivity index (χ3v) is 4.02. The second-order valence-corrected chi connectivity index (χ2v) is 5.11. The lowest BCUT2D eigenvalue weighted by atomic mass is 10.0. The Morgan fingerprint density at radius 1 is 1.24 bits per heavy atom. The van der Waals surface area contributed by atoms with E-state index < -0.39 is 0 Å². The standard InChI is InChI=1S/C13H16BrN3/c1-8-5-4-6-9(2)11(8)7-17-13(15)12(14)10(3)16-17/h4-6H,7,15H2,1-3H3. The maximum atomic E-state index is 6.01.